The van der Waals surface area contributed by atoms with Crippen LogP contribution in [0.1, 0.15) is 17.1 Å². The molecule has 7 heteroatoms. The molecule has 0 aliphatic heterocycles. The summed E-state index contributed by atoms with van der Waals surface area (Å²) in [6, 6.07) is 0. The number of imidazole rings is 1. The smallest absolute Gasteiger partial charge is 0.244 e. The Morgan fingerprint density at radius 1 is 1.42 bits per heavy atom. The Morgan fingerprint density at radius 2 is 2.21 bits per heavy atom. The number of nitrogens with zero attached hydrogens (tertiary/aromatic N) is 4. The molecule has 19 heavy (non-hydrogen) atoms. The first kappa shape index (κ1) is 12.2. The maximum Gasteiger partial charge on any atom is 0.244 e. The second-order valence-corrected chi connectivity index (χ2v) is 5.18. The van der Waals surface area contributed by atoms with Crippen molar-refractivity contribution < 1.29 is 9.84 Å². The molecule has 0 fully saturated rings. The van der Waals surface area contributed by atoms with Crippen LogP contribution in [-0.2, 0) is 13.7 Å². The van der Waals surface area contributed by atoms with Gasteiger partial charge >= 0.3 is 0 Å². The Morgan fingerprint density at radius 3 is 2.84 bits per heavy atom. The number of aliphatic hydroxyl groups excluding tert-OH is 1. The summed E-state index contributed by atoms with van der Waals surface area (Å²) >= 11 is 1.50. The third-order valence-corrected chi connectivity index (χ3v) is 3.87. The SMILES string of the molecule is Cc1nn(C)c(C)c1Oc1nc2sccn2c1CO. The number of fused-ring (bicyclic) bond motifs is 1. The van der Waals surface area contributed by atoms with E-state index >= 15 is 0 Å². The van der Waals surface area contributed by atoms with E-state index in [0.717, 1.165) is 16.3 Å². The minimum atomic E-state index is -0.119. The summed E-state index contributed by atoms with van der Waals surface area (Å²) in [6.45, 7) is 3.71. The fraction of sp³-hybridized carbons (Fsp3) is 0.333. The minimum absolute atomic E-state index is 0.119. The zero-order valence-corrected chi connectivity index (χ0v) is 11.7. The summed E-state index contributed by atoms with van der Waals surface area (Å²) in [7, 11) is 1.87. The topological polar surface area (TPSA) is 64.6 Å². The molecule has 0 amide bonds. The van der Waals surface area contributed by atoms with Crippen LogP contribution in [0.15, 0.2) is 11.6 Å². The van der Waals surface area contributed by atoms with Gasteiger partial charge < -0.3 is 9.84 Å². The van der Waals surface area contributed by atoms with E-state index < -0.39 is 0 Å². The van der Waals surface area contributed by atoms with E-state index in [2.05, 4.69) is 10.1 Å². The Balaban J connectivity index is 2.07. The third kappa shape index (κ3) is 1.82. The molecule has 0 aliphatic rings. The van der Waals surface area contributed by atoms with Crippen molar-refractivity contribution in [3.8, 4) is 11.6 Å². The van der Waals surface area contributed by atoms with E-state index in [-0.39, 0.29) is 6.61 Å². The highest BCUT2D eigenvalue weighted by Gasteiger charge is 2.18. The molecule has 3 rings (SSSR count). The fourth-order valence-electron chi connectivity index (χ4n) is 2.04. The molecule has 3 aromatic rings. The van der Waals surface area contributed by atoms with Crippen LogP contribution in [0.2, 0.25) is 0 Å². The molecule has 0 aliphatic carbocycles. The van der Waals surface area contributed by atoms with Crippen LogP contribution in [0.3, 0.4) is 0 Å². The first-order valence-electron chi connectivity index (χ1n) is 5.85. The number of ether oxygens (including phenoxy) is 1. The molecule has 3 aromatic heterocycles. The molecule has 100 valence electrons. The van der Waals surface area contributed by atoms with Crippen LogP contribution in [0, 0.1) is 13.8 Å². The summed E-state index contributed by atoms with van der Waals surface area (Å²) in [4.78, 5) is 5.20. The molecule has 0 saturated heterocycles. The van der Waals surface area contributed by atoms with Crippen molar-refractivity contribution in [1.82, 2.24) is 19.2 Å². The van der Waals surface area contributed by atoms with Gasteiger partial charge in [0.15, 0.2) is 10.7 Å². The molecule has 0 atom stereocenters. The first-order valence-corrected chi connectivity index (χ1v) is 6.73. The highest BCUT2D eigenvalue weighted by Crippen LogP contribution is 2.31. The summed E-state index contributed by atoms with van der Waals surface area (Å²) < 4.78 is 9.46. The van der Waals surface area contributed by atoms with E-state index in [1.807, 2.05) is 36.9 Å². The molecule has 1 N–H and O–H groups in total. The monoisotopic (exact) mass is 278 g/mol. The van der Waals surface area contributed by atoms with Gasteiger partial charge in [-0.05, 0) is 13.8 Å². The number of hydrogen-bond acceptors (Lipinski definition) is 5. The van der Waals surface area contributed by atoms with Crippen LogP contribution in [0.5, 0.6) is 11.6 Å². The lowest BCUT2D eigenvalue weighted by atomic mass is 10.3. The van der Waals surface area contributed by atoms with Gasteiger partial charge in [0.05, 0.1) is 12.3 Å². The van der Waals surface area contributed by atoms with E-state index in [0.29, 0.717) is 17.3 Å². The lowest BCUT2D eigenvalue weighted by Gasteiger charge is -2.04. The van der Waals surface area contributed by atoms with Gasteiger partial charge in [0.2, 0.25) is 5.88 Å². The van der Waals surface area contributed by atoms with Gasteiger partial charge in [-0.2, -0.15) is 10.1 Å². The molecule has 0 saturated carbocycles. The van der Waals surface area contributed by atoms with Gasteiger partial charge in [-0.3, -0.25) is 9.08 Å². The number of hydrogen-bond donors (Lipinski definition) is 1. The first-order chi connectivity index (χ1) is 9.11. The van der Waals surface area contributed by atoms with Crippen molar-refractivity contribution >= 4 is 16.3 Å². The van der Waals surface area contributed by atoms with Crippen LogP contribution < -0.4 is 4.74 Å². The fourth-order valence-corrected chi connectivity index (χ4v) is 2.76. The number of aryl methyl sites for hydroxylation is 2. The van der Waals surface area contributed by atoms with Crippen molar-refractivity contribution in [3.05, 3.63) is 28.7 Å². The van der Waals surface area contributed by atoms with Crippen molar-refractivity contribution in [3.63, 3.8) is 0 Å². The summed E-state index contributed by atoms with van der Waals surface area (Å²) in [5.74, 6) is 1.14. The highest BCUT2D eigenvalue weighted by atomic mass is 32.1. The molecule has 6 nitrogen and oxygen atoms in total. The molecular formula is C12H14N4O2S. The van der Waals surface area contributed by atoms with E-state index in [1.165, 1.54) is 11.3 Å². The van der Waals surface area contributed by atoms with Gasteiger partial charge in [-0.25, -0.2) is 0 Å². The van der Waals surface area contributed by atoms with E-state index in [1.54, 1.807) is 4.68 Å². The lowest BCUT2D eigenvalue weighted by molar-refractivity contribution is 0.269. The largest absolute Gasteiger partial charge is 0.433 e. The predicted octanol–water partition coefficient (Wildman–Crippen LogP) is 2.03. The van der Waals surface area contributed by atoms with Gasteiger partial charge in [-0.15, -0.1) is 11.3 Å². The average Bonchev–Trinajstić information content (AvgIpc) is 2.99. The average molecular weight is 278 g/mol. The van der Waals surface area contributed by atoms with Crippen LogP contribution in [0.4, 0.5) is 0 Å². The second kappa shape index (κ2) is 4.36. The normalized spacial score (nSPS) is 11.4. The quantitative estimate of drug-likeness (QED) is 0.796. The van der Waals surface area contributed by atoms with E-state index in [4.69, 9.17) is 4.74 Å². The zero-order chi connectivity index (χ0) is 13.6. The third-order valence-electron chi connectivity index (χ3n) is 3.12. The Labute approximate surface area is 113 Å². The zero-order valence-electron chi connectivity index (χ0n) is 10.9. The van der Waals surface area contributed by atoms with Crippen molar-refractivity contribution in [2.45, 2.75) is 20.5 Å². The number of aliphatic hydroxyl groups is 1. The van der Waals surface area contributed by atoms with Gasteiger partial charge in [0.25, 0.3) is 0 Å². The molecular weight excluding hydrogens is 264 g/mol. The van der Waals surface area contributed by atoms with Gasteiger partial charge in [0.1, 0.15) is 11.4 Å². The Kier molecular flexibility index (Phi) is 2.79. The summed E-state index contributed by atoms with van der Waals surface area (Å²) in [5.41, 5.74) is 2.39. The molecule has 0 aromatic carbocycles. The lowest BCUT2D eigenvalue weighted by Crippen LogP contribution is -1.96. The maximum atomic E-state index is 9.49. The summed E-state index contributed by atoms with van der Waals surface area (Å²) in [5, 5.41) is 15.7. The maximum absolute atomic E-state index is 9.49. The Bertz CT molecular complexity index is 740. The summed E-state index contributed by atoms with van der Waals surface area (Å²) in [6.07, 6.45) is 1.87. The molecule has 3 heterocycles. The number of aromatic nitrogens is 4. The second-order valence-electron chi connectivity index (χ2n) is 4.30. The van der Waals surface area contributed by atoms with Crippen molar-refractivity contribution in [1.29, 1.82) is 0 Å². The number of thiazole rings is 1. The van der Waals surface area contributed by atoms with Crippen LogP contribution in [-0.4, -0.2) is 24.3 Å². The number of rotatable bonds is 3. The van der Waals surface area contributed by atoms with Crippen molar-refractivity contribution in [2.75, 3.05) is 0 Å². The predicted molar refractivity (Wildman–Crippen MR) is 71.7 cm³/mol. The molecule has 0 radical (unpaired) electrons. The van der Waals surface area contributed by atoms with Crippen LogP contribution in [0.25, 0.3) is 4.96 Å². The van der Waals surface area contributed by atoms with Gasteiger partial charge in [-0.1, -0.05) is 0 Å². The van der Waals surface area contributed by atoms with Crippen molar-refractivity contribution in [2.24, 2.45) is 7.05 Å². The Hall–Kier alpha value is -1.86. The molecule has 0 unspecified atom stereocenters. The van der Waals surface area contributed by atoms with Crippen LogP contribution >= 0.6 is 11.3 Å². The van der Waals surface area contributed by atoms with E-state index in [9.17, 15) is 5.11 Å². The standard InChI is InChI=1S/C12H14N4O2S/c1-7-10(8(2)15(3)14-7)18-11-9(6-17)16-4-5-19-12(16)13-11/h4-5,17H,6H2,1-3H3. The molecule has 0 spiro atoms. The minimum Gasteiger partial charge on any atom is -0.433 e. The highest BCUT2D eigenvalue weighted by molar-refractivity contribution is 7.15. The van der Waals surface area contributed by atoms with Gasteiger partial charge in [0, 0.05) is 18.6 Å². The molecule has 0 bridgehead atoms.